The van der Waals surface area contributed by atoms with Gasteiger partial charge in [-0.3, -0.25) is 10.1 Å². The van der Waals surface area contributed by atoms with Crippen molar-refractivity contribution in [2.75, 3.05) is 45.9 Å². The molecule has 0 aromatic rings. The van der Waals surface area contributed by atoms with Crippen LogP contribution in [0.15, 0.2) is 0 Å². The lowest BCUT2D eigenvalue weighted by molar-refractivity contribution is -0.126. The van der Waals surface area contributed by atoms with Gasteiger partial charge < -0.3 is 25.4 Å². The second-order valence-electron chi connectivity index (χ2n) is 11.6. The first-order chi connectivity index (χ1) is 17.5. The molecule has 3 saturated heterocycles. The molecule has 0 radical (unpaired) electrons. The molecule has 5 fully saturated rings. The molecule has 206 valence electrons. The largest absolute Gasteiger partial charge is 0.390 e. The van der Waals surface area contributed by atoms with Gasteiger partial charge in [-0.05, 0) is 69.9 Å². The van der Waals surface area contributed by atoms with Crippen LogP contribution in [0.1, 0.15) is 51.4 Å². The quantitative estimate of drug-likeness (QED) is 0.191. The average molecular weight is 528 g/mol. The van der Waals surface area contributed by atoms with Crippen LogP contribution in [-0.2, 0) is 9.53 Å². The number of amides is 1. The number of ether oxygens (including phenoxy) is 1. The summed E-state index contributed by atoms with van der Waals surface area (Å²) < 4.78 is 6.18. The molecule has 36 heavy (non-hydrogen) atoms. The molecular weight excluding hydrogens is 482 g/mol. The zero-order valence-electron chi connectivity index (χ0n) is 21.4. The Bertz CT molecular complexity index is 711. The Labute approximate surface area is 220 Å². The SMILES string of the molecule is O=C(NC[C@H](O)CN1CCC2C(CCC(OCC3CNNN3)C2Cl)C1)C1CCNC(NC2CCC2)C1. The Balaban J connectivity index is 0.990. The molecule has 2 saturated carbocycles. The van der Waals surface area contributed by atoms with Gasteiger partial charge in [0.25, 0.3) is 0 Å². The molecule has 2 aliphatic carbocycles. The van der Waals surface area contributed by atoms with E-state index in [-0.39, 0.29) is 35.5 Å². The first-order valence-electron chi connectivity index (χ1n) is 14.2. The first kappa shape index (κ1) is 27.0. The molecule has 3 aliphatic heterocycles. The maximum atomic E-state index is 12.8. The molecular formula is C25H46ClN7O3. The monoisotopic (exact) mass is 527 g/mol. The number of halogens is 1. The van der Waals surface area contributed by atoms with Gasteiger partial charge in [0.1, 0.15) is 0 Å². The maximum absolute atomic E-state index is 12.8. The van der Waals surface area contributed by atoms with Crippen molar-refractivity contribution in [2.24, 2.45) is 17.8 Å². The van der Waals surface area contributed by atoms with Crippen molar-refractivity contribution in [1.82, 2.24) is 37.2 Å². The average Bonchev–Trinajstić information content (AvgIpc) is 3.38. The van der Waals surface area contributed by atoms with Crippen LogP contribution < -0.4 is 32.3 Å². The number of fused-ring (bicyclic) bond motifs is 1. The van der Waals surface area contributed by atoms with Gasteiger partial charge in [-0.15, -0.1) is 11.6 Å². The van der Waals surface area contributed by atoms with E-state index >= 15 is 0 Å². The highest BCUT2D eigenvalue weighted by Crippen LogP contribution is 2.40. The van der Waals surface area contributed by atoms with Gasteiger partial charge in [0.15, 0.2) is 0 Å². The van der Waals surface area contributed by atoms with Crippen molar-refractivity contribution in [3.63, 3.8) is 0 Å². The van der Waals surface area contributed by atoms with Crippen molar-refractivity contribution in [3.8, 4) is 0 Å². The lowest BCUT2D eigenvalue weighted by Gasteiger charge is -2.46. The molecule has 5 rings (SSSR count). The van der Waals surface area contributed by atoms with Crippen molar-refractivity contribution < 1.29 is 14.6 Å². The van der Waals surface area contributed by atoms with Crippen LogP contribution in [0.4, 0.5) is 0 Å². The van der Waals surface area contributed by atoms with E-state index in [1.54, 1.807) is 0 Å². The highest BCUT2D eigenvalue weighted by molar-refractivity contribution is 6.21. The number of carbonyl (C=O) groups is 1. The summed E-state index contributed by atoms with van der Waals surface area (Å²) >= 11 is 6.90. The standard InChI is InChI=1S/C25H46ClN7O3/c26-24-21-7-9-33(13-17(21)4-5-22(24)36-15-19-11-29-32-31-19)14-20(34)12-28-25(35)16-6-8-27-23(10-16)30-18-2-1-3-18/h16-24,27,29-32,34H,1-15H2,(H,28,35)/t16?,17?,19?,20-,21?,22?,23?,24?/m0/s1. The van der Waals surface area contributed by atoms with Crippen LogP contribution in [0.3, 0.4) is 0 Å². The number of aliphatic hydroxyl groups excluding tert-OH is 1. The molecule has 8 atom stereocenters. The van der Waals surface area contributed by atoms with Gasteiger partial charge in [-0.25, -0.2) is 10.9 Å². The van der Waals surface area contributed by atoms with Crippen LogP contribution in [-0.4, -0.2) is 97.6 Å². The maximum Gasteiger partial charge on any atom is 0.223 e. The highest BCUT2D eigenvalue weighted by Gasteiger charge is 2.42. The van der Waals surface area contributed by atoms with Crippen LogP contribution in [0.25, 0.3) is 0 Å². The summed E-state index contributed by atoms with van der Waals surface area (Å²) in [7, 11) is 0. The number of nitrogens with one attached hydrogen (secondary N) is 6. The van der Waals surface area contributed by atoms with Gasteiger partial charge in [-0.2, -0.15) is 5.53 Å². The fourth-order valence-electron chi connectivity index (χ4n) is 6.59. The van der Waals surface area contributed by atoms with Gasteiger partial charge in [0, 0.05) is 38.1 Å². The summed E-state index contributed by atoms with van der Waals surface area (Å²) in [4.78, 5) is 15.1. The predicted octanol–water partition coefficient (Wildman–Crippen LogP) is -0.363. The third-order valence-corrected chi connectivity index (χ3v) is 9.59. The number of piperidine rings is 2. The Hall–Kier alpha value is -0.560. The molecule has 0 bridgehead atoms. The highest BCUT2D eigenvalue weighted by atomic mass is 35.5. The van der Waals surface area contributed by atoms with Crippen LogP contribution in [0.2, 0.25) is 0 Å². The van der Waals surface area contributed by atoms with Crippen LogP contribution >= 0.6 is 11.6 Å². The smallest absolute Gasteiger partial charge is 0.223 e. The van der Waals surface area contributed by atoms with E-state index in [1.165, 1.54) is 19.3 Å². The number of nitrogens with zero attached hydrogens (tertiary/aromatic N) is 1. The molecule has 0 aromatic heterocycles. The lowest BCUT2D eigenvalue weighted by Crippen LogP contribution is -2.55. The van der Waals surface area contributed by atoms with E-state index in [2.05, 4.69) is 37.2 Å². The molecule has 10 nitrogen and oxygen atoms in total. The van der Waals surface area contributed by atoms with E-state index in [9.17, 15) is 9.90 Å². The van der Waals surface area contributed by atoms with E-state index in [0.29, 0.717) is 37.6 Å². The fraction of sp³-hybridized carbons (Fsp3) is 0.960. The number of alkyl halides is 1. The number of carbonyl (C=O) groups excluding carboxylic acids is 1. The first-order valence-corrected chi connectivity index (χ1v) is 14.7. The summed E-state index contributed by atoms with van der Waals surface area (Å²) in [5.41, 5.74) is 9.11. The second kappa shape index (κ2) is 13.0. The molecule has 3 heterocycles. The number of β-amino-alcohol motifs (C(OH)–C–C–N with tert-alkyl or cyclic N) is 1. The van der Waals surface area contributed by atoms with Gasteiger partial charge >= 0.3 is 0 Å². The predicted molar refractivity (Wildman–Crippen MR) is 139 cm³/mol. The van der Waals surface area contributed by atoms with E-state index in [0.717, 1.165) is 58.3 Å². The number of hydrazine groups is 2. The van der Waals surface area contributed by atoms with Gasteiger partial charge in [-0.1, -0.05) is 6.42 Å². The third kappa shape index (κ3) is 7.09. The summed E-state index contributed by atoms with van der Waals surface area (Å²) in [6.45, 7) is 5.18. The molecule has 7 unspecified atom stereocenters. The summed E-state index contributed by atoms with van der Waals surface area (Å²) in [6, 6.07) is 0.881. The summed E-state index contributed by atoms with van der Waals surface area (Å²) in [5, 5.41) is 20.9. The summed E-state index contributed by atoms with van der Waals surface area (Å²) in [6.07, 6.45) is 8.40. The summed E-state index contributed by atoms with van der Waals surface area (Å²) in [5.74, 6) is 1.11. The Morgan fingerprint density at radius 1 is 1.19 bits per heavy atom. The molecule has 0 aromatic carbocycles. The van der Waals surface area contributed by atoms with Crippen molar-refractivity contribution in [2.45, 2.75) is 87.2 Å². The normalized spacial score (nSPS) is 38.8. The van der Waals surface area contributed by atoms with Gasteiger partial charge in [0.05, 0.1) is 36.4 Å². The molecule has 11 heteroatoms. The Morgan fingerprint density at radius 3 is 2.86 bits per heavy atom. The molecule has 1 amide bonds. The fourth-order valence-corrected chi connectivity index (χ4v) is 7.12. The number of likely N-dealkylation sites (tertiary alicyclic amines) is 1. The molecule has 0 spiro atoms. The topological polar surface area (TPSA) is 122 Å². The van der Waals surface area contributed by atoms with Crippen molar-refractivity contribution in [1.29, 1.82) is 0 Å². The molecule has 7 N–H and O–H groups in total. The van der Waals surface area contributed by atoms with Crippen LogP contribution in [0.5, 0.6) is 0 Å². The second-order valence-corrected chi connectivity index (χ2v) is 12.1. The van der Waals surface area contributed by atoms with Gasteiger partial charge in [0.2, 0.25) is 5.91 Å². The van der Waals surface area contributed by atoms with Crippen molar-refractivity contribution >= 4 is 17.5 Å². The Kier molecular flexibility index (Phi) is 9.75. The zero-order chi connectivity index (χ0) is 24.9. The lowest BCUT2D eigenvalue weighted by atomic mass is 9.73. The van der Waals surface area contributed by atoms with E-state index in [1.807, 2.05) is 0 Å². The van der Waals surface area contributed by atoms with E-state index < -0.39 is 6.10 Å². The Morgan fingerprint density at radius 2 is 2.08 bits per heavy atom. The van der Waals surface area contributed by atoms with Crippen molar-refractivity contribution in [3.05, 3.63) is 0 Å². The number of hydrogen-bond acceptors (Lipinski definition) is 9. The third-order valence-electron chi connectivity index (χ3n) is 8.99. The minimum absolute atomic E-state index is 0.0156. The van der Waals surface area contributed by atoms with Crippen LogP contribution in [0, 0.1) is 17.8 Å². The minimum Gasteiger partial charge on any atom is -0.390 e. The number of aliphatic hydroxyl groups is 1. The van der Waals surface area contributed by atoms with E-state index in [4.69, 9.17) is 16.3 Å². The molecule has 5 aliphatic rings. The zero-order valence-corrected chi connectivity index (χ0v) is 22.1. The number of rotatable bonds is 10. The number of hydrogen-bond donors (Lipinski definition) is 7. The minimum atomic E-state index is -0.552.